The van der Waals surface area contributed by atoms with E-state index in [1.165, 1.54) is 110 Å². The van der Waals surface area contributed by atoms with Crippen molar-refractivity contribution in [2.75, 3.05) is 65.4 Å². The van der Waals surface area contributed by atoms with Crippen molar-refractivity contribution >= 4 is 0 Å². The molecule has 0 aromatic rings. The van der Waals surface area contributed by atoms with E-state index in [1.54, 1.807) is 0 Å². The molecule has 0 amide bonds. The van der Waals surface area contributed by atoms with Gasteiger partial charge in [-0.2, -0.15) is 0 Å². The van der Waals surface area contributed by atoms with Crippen molar-refractivity contribution in [3.05, 3.63) is 0 Å². The molecule has 0 aromatic carbocycles. The van der Waals surface area contributed by atoms with Crippen molar-refractivity contribution in [3.63, 3.8) is 0 Å². The first-order valence-electron chi connectivity index (χ1n) is 18.1. The van der Waals surface area contributed by atoms with Gasteiger partial charge in [0.2, 0.25) is 0 Å². The fraction of sp³-hybridized carbons (Fsp3) is 1.00. The quantitative estimate of drug-likeness (QED) is 0.408. The molecule has 4 atom stereocenters. The molecule has 6 nitrogen and oxygen atoms in total. The van der Waals surface area contributed by atoms with Crippen LogP contribution in [-0.4, -0.2) is 143 Å². The third kappa shape index (κ3) is 7.89. The van der Waals surface area contributed by atoms with Crippen LogP contribution in [0.2, 0.25) is 0 Å². The van der Waals surface area contributed by atoms with E-state index in [-0.39, 0.29) is 0 Å². The predicted octanol–water partition coefficient (Wildman–Crippen LogP) is 4.94. The summed E-state index contributed by atoms with van der Waals surface area (Å²) in [6, 6.07) is 6.38. The number of piperidine rings is 3. The Balaban J connectivity index is 0.000000165. The number of likely N-dealkylation sites (tertiary alicyclic amines) is 5. The first-order valence-corrected chi connectivity index (χ1v) is 18.1. The molecule has 6 aliphatic rings. The summed E-state index contributed by atoms with van der Waals surface area (Å²) in [5.41, 5.74) is 0. The van der Waals surface area contributed by atoms with Crippen molar-refractivity contribution in [3.8, 4) is 0 Å². The molecule has 41 heavy (non-hydrogen) atoms. The molecule has 0 saturated carbocycles. The van der Waals surface area contributed by atoms with Crippen LogP contribution in [0.4, 0.5) is 0 Å². The van der Waals surface area contributed by atoms with Gasteiger partial charge in [0.25, 0.3) is 0 Å². The van der Waals surface area contributed by atoms with E-state index in [1.807, 2.05) is 0 Å². The maximum atomic E-state index is 2.84. The van der Waals surface area contributed by atoms with Crippen LogP contribution in [0, 0.1) is 11.8 Å². The number of rotatable bonds is 8. The van der Waals surface area contributed by atoms with E-state index in [4.69, 9.17) is 0 Å². The van der Waals surface area contributed by atoms with Gasteiger partial charge in [0, 0.05) is 87.6 Å². The summed E-state index contributed by atoms with van der Waals surface area (Å²) in [6.07, 6.45) is 10.0. The molecule has 0 N–H and O–H groups in total. The minimum Gasteiger partial charge on any atom is -0.301 e. The highest BCUT2D eigenvalue weighted by Crippen LogP contribution is 2.36. The second-order valence-corrected chi connectivity index (χ2v) is 16.1. The summed E-state index contributed by atoms with van der Waals surface area (Å²) in [4.78, 5) is 16.4. The van der Waals surface area contributed by atoms with Gasteiger partial charge in [-0.25, -0.2) is 0 Å². The van der Waals surface area contributed by atoms with Gasteiger partial charge in [0.05, 0.1) is 0 Å². The number of nitrogens with zero attached hydrogens (tertiary/aromatic N) is 6. The Labute approximate surface area is 255 Å². The average Bonchev–Trinajstić information content (AvgIpc) is 3.23. The number of piperazine rings is 2. The van der Waals surface area contributed by atoms with Crippen LogP contribution in [0.15, 0.2) is 0 Å². The zero-order valence-corrected chi connectivity index (χ0v) is 28.5. The molecule has 6 fully saturated rings. The molecule has 6 heterocycles. The largest absolute Gasteiger partial charge is 0.301 e. The summed E-state index contributed by atoms with van der Waals surface area (Å²) in [5.74, 6) is 1.91. The van der Waals surface area contributed by atoms with Gasteiger partial charge in [-0.05, 0) is 138 Å². The smallest absolute Gasteiger partial charge is 0.0242 e. The molecule has 4 unspecified atom stereocenters. The van der Waals surface area contributed by atoms with E-state index < -0.39 is 0 Å². The Hall–Kier alpha value is -0.240. The van der Waals surface area contributed by atoms with E-state index >= 15 is 0 Å². The topological polar surface area (TPSA) is 19.4 Å². The van der Waals surface area contributed by atoms with Crippen molar-refractivity contribution in [2.45, 2.75) is 149 Å². The monoisotopic (exact) mass is 573 g/mol. The van der Waals surface area contributed by atoms with Crippen LogP contribution in [0.1, 0.15) is 100 Å². The third-order valence-corrected chi connectivity index (χ3v) is 12.1. The Kier molecular flexibility index (Phi) is 11.2. The molecule has 6 aliphatic heterocycles. The molecular formula is C35H68N6. The predicted molar refractivity (Wildman–Crippen MR) is 175 cm³/mol. The Morgan fingerprint density at radius 1 is 0.463 bits per heavy atom. The Morgan fingerprint density at radius 3 is 1.32 bits per heavy atom. The molecule has 0 aromatic heterocycles. The van der Waals surface area contributed by atoms with E-state index in [0.717, 1.165) is 60.2 Å². The fourth-order valence-electron chi connectivity index (χ4n) is 9.42. The van der Waals surface area contributed by atoms with Crippen LogP contribution in [0.3, 0.4) is 0 Å². The summed E-state index contributed by atoms with van der Waals surface area (Å²) in [6.45, 7) is 32.1. The van der Waals surface area contributed by atoms with Gasteiger partial charge in [0.1, 0.15) is 0 Å². The molecule has 4 bridgehead atoms. The maximum Gasteiger partial charge on any atom is 0.0242 e. The first-order chi connectivity index (χ1) is 19.6. The molecule has 6 heteroatoms. The highest BCUT2D eigenvalue weighted by Gasteiger charge is 2.45. The lowest BCUT2D eigenvalue weighted by Crippen LogP contribution is -2.70. The Morgan fingerprint density at radius 2 is 0.902 bits per heavy atom. The highest BCUT2D eigenvalue weighted by atomic mass is 15.4. The average molecular weight is 573 g/mol. The van der Waals surface area contributed by atoms with Crippen LogP contribution < -0.4 is 0 Å². The molecular weight excluding hydrogens is 504 g/mol. The molecule has 0 spiro atoms. The third-order valence-electron chi connectivity index (χ3n) is 12.1. The lowest BCUT2D eigenvalue weighted by atomic mass is 9.84. The van der Waals surface area contributed by atoms with Crippen molar-refractivity contribution < 1.29 is 0 Å². The number of fused-ring (bicyclic) bond motifs is 4. The first kappa shape index (κ1) is 32.2. The summed E-state index contributed by atoms with van der Waals surface area (Å²) >= 11 is 0. The summed E-state index contributed by atoms with van der Waals surface area (Å²) < 4.78 is 0. The van der Waals surface area contributed by atoms with Gasteiger partial charge < -0.3 is 9.80 Å². The zero-order valence-electron chi connectivity index (χ0n) is 28.5. The molecule has 6 rings (SSSR count). The second kappa shape index (κ2) is 14.2. The molecule has 0 aliphatic carbocycles. The zero-order chi connectivity index (χ0) is 29.3. The lowest BCUT2D eigenvalue weighted by Gasteiger charge is -2.58. The molecule has 0 radical (unpaired) electrons. The molecule has 6 saturated heterocycles. The van der Waals surface area contributed by atoms with Crippen molar-refractivity contribution in [1.82, 2.24) is 29.4 Å². The van der Waals surface area contributed by atoms with Gasteiger partial charge in [-0.15, -0.1) is 0 Å². The number of hydrogen-bond donors (Lipinski definition) is 0. The minimum atomic E-state index is 0.733. The maximum absolute atomic E-state index is 2.84. The van der Waals surface area contributed by atoms with Crippen molar-refractivity contribution in [2.24, 2.45) is 11.8 Å². The normalized spacial score (nSPS) is 33.7. The highest BCUT2D eigenvalue weighted by molar-refractivity contribution is 5.02. The summed E-state index contributed by atoms with van der Waals surface area (Å²) in [7, 11) is 0. The van der Waals surface area contributed by atoms with Crippen LogP contribution >= 0.6 is 0 Å². The van der Waals surface area contributed by atoms with E-state index in [0.29, 0.717) is 0 Å². The second-order valence-electron chi connectivity index (χ2n) is 16.1. The SMILES string of the molecule is CC(C)N1CCC(CN2C3CC2CN(C(C)C)C3)CC1.CC(C)N1CCC(CN2CC3CCC(C2)N3C(C)C)CC1. The van der Waals surface area contributed by atoms with Crippen LogP contribution in [0.25, 0.3) is 0 Å². The van der Waals surface area contributed by atoms with Gasteiger partial charge in [-0.1, -0.05) is 0 Å². The van der Waals surface area contributed by atoms with E-state index in [9.17, 15) is 0 Å². The van der Waals surface area contributed by atoms with Gasteiger partial charge in [0.15, 0.2) is 0 Å². The lowest BCUT2D eigenvalue weighted by molar-refractivity contribution is -0.0888. The Bertz CT molecular complexity index is 758. The van der Waals surface area contributed by atoms with Gasteiger partial charge >= 0.3 is 0 Å². The van der Waals surface area contributed by atoms with Crippen LogP contribution in [0.5, 0.6) is 0 Å². The van der Waals surface area contributed by atoms with Crippen molar-refractivity contribution in [1.29, 1.82) is 0 Å². The minimum absolute atomic E-state index is 0.733. The molecule has 238 valence electrons. The fourth-order valence-corrected chi connectivity index (χ4v) is 9.42. The summed E-state index contributed by atoms with van der Waals surface area (Å²) in [5, 5.41) is 0. The van der Waals surface area contributed by atoms with Gasteiger partial charge in [-0.3, -0.25) is 19.6 Å². The van der Waals surface area contributed by atoms with Crippen LogP contribution in [-0.2, 0) is 0 Å². The standard InChI is InChI=1S/C18H35N3.C17H33N3/c1-14(2)20-9-7-16(8-10-20)11-19-12-17-5-6-18(13-19)21(17)15(3)4;1-13(2)18-7-5-15(6-8-18)10-20-16-9-17(20)12-19(11-16)14(3)4/h14-18H,5-13H2,1-4H3;13-17H,5-12H2,1-4H3. The number of hydrogen-bond acceptors (Lipinski definition) is 6. The van der Waals surface area contributed by atoms with E-state index in [2.05, 4.69) is 84.8 Å².